The topological polar surface area (TPSA) is 66.8 Å². The predicted octanol–water partition coefficient (Wildman–Crippen LogP) is 5.84. The van der Waals surface area contributed by atoms with E-state index in [-0.39, 0.29) is 33.9 Å². The lowest BCUT2D eigenvalue weighted by molar-refractivity contribution is -0.186. The second kappa shape index (κ2) is 7.42. The molecule has 0 aromatic rings. The van der Waals surface area contributed by atoms with Crippen LogP contribution in [0.3, 0.4) is 0 Å². The number of aliphatic hydroxyl groups excluding tert-OH is 1. The van der Waals surface area contributed by atoms with Gasteiger partial charge in [-0.1, -0.05) is 47.1 Å². The van der Waals surface area contributed by atoms with Gasteiger partial charge in [-0.15, -0.1) is 0 Å². The quantitative estimate of drug-likeness (QED) is 0.496. The highest BCUT2D eigenvalue weighted by atomic mass is 16.5. The van der Waals surface area contributed by atoms with E-state index in [2.05, 4.69) is 41.5 Å². The van der Waals surface area contributed by atoms with Crippen molar-refractivity contribution in [2.45, 2.75) is 131 Å². The molecule has 0 radical (unpaired) electrons. The normalized spacial score (nSPS) is 49.1. The molecule has 2 N–H and O–H groups in total. The molecule has 0 bridgehead atoms. The summed E-state index contributed by atoms with van der Waals surface area (Å²) < 4.78 is 6.62. The fourth-order valence-electron chi connectivity index (χ4n) is 10.2. The summed E-state index contributed by atoms with van der Waals surface area (Å²) in [7, 11) is 0. The summed E-state index contributed by atoms with van der Waals surface area (Å²) in [6.07, 6.45) is 7.07. The minimum Gasteiger partial charge on any atom is -0.388 e. The molecule has 192 valence electrons. The lowest BCUT2D eigenvalue weighted by atomic mass is 9.36. The van der Waals surface area contributed by atoms with E-state index in [1.165, 1.54) is 18.4 Å². The Labute approximate surface area is 206 Å². The zero-order valence-electron chi connectivity index (χ0n) is 22.8. The molecule has 9 atom stereocenters. The number of carbonyl (C=O) groups excluding carboxylic acids is 1. The molecule has 5 rings (SSSR count). The van der Waals surface area contributed by atoms with Crippen molar-refractivity contribution in [1.82, 2.24) is 0 Å². The first kappa shape index (κ1) is 25.0. The molecule has 4 aliphatic carbocycles. The number of ether oxygens (including phenoxy) is 1. The highest BCUT2D eigenvalue weighted by molar-refractivity contribution is 5.85. The first-order valence-corrected chi connectivity index (χ1v) is 13.9. The van der Waals surface area contributed by atoms with Gasteiger partial charge in [0.05, 0.1) is 17.8 Å². The molecule has 1 heterocycles. The zero-order chi connectivity index (χ0) is 25.1. The second-order valence-corrected chi connectivity index (χ2v) is 14.6. The van der Waals surface area contributed by atoms with Gasteiger partial charge >= 0.3 is 0 Å². The van der Waals surface area contributed by atoms with Crippen LogP contribution in [0.1, 0.15) is 107 Å². The number of fused-ring (bicyclic) bond motifs is 6. The Kier molecular flexibility index (Phi) is 5.44. The molecule has 4 heteroatoms. The highest BCUT2D eigenvalue weighted by Crippen LogP contribution is 2.74. The Morgan fingerprint density at radius 3 is 2.35 bits per heavy atom. The van der Waals surface area contributed by atoms with Crippen molar-refractivity contribution in [3.05, 3.63) is 11.1 Å². The third kappa shape index (κ3) is 3.10. The summed E-state index contributed by atoms with van der Waals surface area (Å²) in [5.41, 5.74) is 2.28. The Morgan fingerprint density at radius 1 is 1.03 bits per heavy atom. The summed E-state index contributed by atoms with van der Waals surface area (Å²) in [5.74, 6) is 1.93. The SMILES string of the molecule is C[C@@H]1C[C@@H]([C@@H](O)C(C)(C)O)O[C@H]2C[C@@]3(C)C(=C12)CC[C@H]1[C@@]2(C)CCC(=O)C(C)(C)[C@@H]2CC[C@@]13C. The van der Waals surface area contributed by atoms with Crippen molar-refractivity contribution in [3.8, 4) is 0 Å². The first-order chi connectivity index (χ1) is 15.6. The van der Waals surface area contributed by atoms with Crippen LogP contribution in [-0.4, -0.2) is 39.9 Å². The molecule has 0 amide bonds. The predicted molar refractivity (Wildman–Crippen MR) is 134 cm³/mol. The molecule has 0 unspecified atom stereocenters. The molecule has 4 nitrogen and oxygen atoms in total. The summed E-state index contributed by atoms with van der Waals surface area (Å²) in [5, 5.41) is 21.3. The van der Waals surface area contributed by atoms with Crippen molar-refractivity contribution < 1.29 is 19.7 Å². The number of ketones is 1. The Hall–Kier alpha value is -0.710. The number of hydrogen-bond donors (Lipinski definition) is 2. The van der Waals surface area contributed by atoms with Crippen LogP contribution in [0.5, 0.6) is 0 Å². The first-order valence-electron chi connectivity index (χ1n) is 13.9. The standard InChI is InChI=1S/C30H48O4/c1-17-15-19(25(32)27(4,5)33)34-20-16-30(8)18(24(17)20)9-10-22-28(6)13-12-23(31)26(2,3)21(28)11-14-29(22,30)7/h17,19-22,25,32-33H,9-16H2,1-8H3/t17-,19+,20+,21+,22+,25-,28+,29+,30+/m1/s1. The summed E-state index contributed by atoms with van der Waals surface area (Å²) in [4.78, 5) is 12.9. The van der Waals surface area contributed by atoms with E-state index in [1.54, 1.807) is 19.4 Å². The Balaban J connectivity index is 1.50. The molecule has 1 saturated heterocycles. The van der Waals surface area contributed by atoms with Gasteiger partial charge in [-0.05, 0) is 98.4 Å². The maximum Gasteiger partial charge on any atom is 0.138 e. The maximum atomic E-state index is 12.9. The fraction of sp³-hybridized carbons (Fsp3) is 0.900. The Morgan fingerprint density at radius 2 is 1.71 bits per heavy atom. The summed E-state index contributed by atoms with van der Waals surface area (Å²) in [6.45, 7) is 17.7. The summed E-state index contributed by atoms with van der Waals surface area (Å²) in [6, 6.07) is 0. The van der Waals surface area contributed by atoms with E-state index in [4.69, 9.17) is 4.74 Å². The van der Waals surface area contributed by atoms with Gasteiger partial charge in [0.15, 0.2) is 0 Å². The maximum absolute atomic E-state index is 12.9. The minimum atomic E-state index is -1.17. The highest BCUT2D eigenvalue weighted by Gasteiger charge is 2.68. The second-order valence-electron chi connectivity index (χ2n) is 14.6. The molecule has 3 saturated carbocycles. The zero-order valence-corrected chi connectivity index (χ0v) is 22.8. The van der Waals surface area contributed by atoms with Crippen molar-refractivity contribution in [3.63, 3.8) is 0 Å². The van der Waals surface area contributed by atoms with Crippen LogP contribution in [0.25, 0.3) is 0 Å². The largest absolute Gasteiger partial charge is 0.388 e. The van der Waals surface area contributed by atoms with E-state index in [9.17, 15) is 15.0 Å². The van der Waals surface area contributed by atoms with E-state index in [0.29, 0.717) is 23.5 Å². The molecule has 0 aromatic heterocycles. The lowest BCUT2D eigenvalue weighted by Crippen LogP contribution is -2.62. The van der Waals surface area contributed by atoms with Gasteiger partial charge in [0, 0.05) is 11.8 Å². The van der Waals surface area contributed by atoms with Gasteiger partial charge in [-0.25, -0.2) is 0 Å². The van der Waals surface area contributed by atoms with Gasteiger partial charge < -0.3 is 14.9 Å². The molecular weight excluding hydrogens is 424 g/mol. The van der Waals surface area contributed by atoms with Crippen molar-refractivity contribution in [2.24, 2.45) is 39.4 Å². The molecular formula is C30H48O4. The average Bonchev–Trinajstić information content (AvgIpc) is 3.03. The van der Waals surface area contributed by atoms with E-state index < -0.39 is 11.7 Å². The van der Waals surface area contributed by atoms with Crippen molar-refractivity contribution >= 4 is 5.78 Å². The van der Waals surface area contributed by atoms with Crippen molar-refractivity contribution in [1.29, 1.82) is 0 Å². The van der Waals surface area contributed by atoms with Gasteiger partial charge in [-0.3, -0.25) is 4.79 Å². The number of aliphatic hydroxyl groups is 2. The third-order valence-electron chi connectivity index (χ3n) is 12.2. The summed E-state index contributed by atoms with van der Waals surface area (Å²) >= 11 is 0. The molecule has 0 spiro atoms. The Bertz CT molecular complexity index is 911. The van der Waals surface area contributed by atoms with Crippen LogP contribution >= 0.6 is 0 Å². The number of Topliss-reactive ketones (excluding diaryl/α,β-unsaturated/α-hetero) is 1. The lowest BCUT2D eigenvalue weighted by Gasteiger charge is -2.68. The van der Waals surface area contributed by atoms with Crippen LogP contribution in [0.15, 0.2) is 11.1 Å². The smallest absolute Gasteiger partial charge is 0.138 e. The molecule has 34 heavy (non-hydrogen) atoms. The molecule has 1 aliphatic heterocycles. The number of rotatable bonds is 2. The third-order valence-corrected chi connectivity index (χ3v) is 12.2. The van der Waals surface area contributed by atoms with E-state index in [0.717, 1.165) is 38.5 Å². The molecule has 0 aromatic carbocycles. The van der Waals surface area contributed by atoms with E-state index in [1.807, 2.05) is 0 Å². The van der Waals surface area contributed by atoms with Gasteiger partial charge in [0.1, 0.15) is 11.9 Å². The average molecular weight is 473 g/mol. The number of carbonyl (C=O) groups is 1. The van der Waals surface area contributed by atoms with Crippen LogP contribution in [0.4, 0.5) is 0 Å². The van der Waals surface area contributed by atoms with Crippen LogP contribution in [0.2, 0.25) is 0 Å². The van der Waals surface area contributed by atoms with Crippen LogP contribution in [0, 0.1) is 39.4 Å². The molecule has 4 fully saturated rings. The minimum absolute atomic E-state index is 0.0521. The fourth-order valence-corrected chi connectivity index (χ4v) is 10.2. The van der Waals surface area contributed by atoms with Gasteiger partial charge in [-0.2, -0.15) is 0 Å². The van der Waals surface area contributed by atoms with E-state index >= 15 is 0 Å². The number of hydrogen-bond acceptors (Lipinski definition) is 4. The van der Waals surface area contributed by atoms with Crippen LogP contribution < -0.4 is 0 Å². The molecule has 5 aliphatic rings. The van der Waals surface area contributed by atoms with Gasteiger partial charge in [0.25, 0.3) is 0 Å². The van der Waals surface area contributed by atoms with Gasteiger partial charge in [0.2, 0.25) is 0 Å². The van der Waals surface area contributed by atoms with Crippen LogP contribution in [-0.2, 0) is 9.53 Å². The number of allylic oxidation sites excluding steroid dienone is 1. The van der Waals surface area contributed by atoms with Crippen molar-refractivity contribution in [2.75, 3.05) is 0 Å². The monoisotopic (exact) mass is 472 g/mol.